The molecule has 7 heteroatoms. The molecule has 0 amide bonds. The number of benzene rings is 1. The molecular formula is C17H26F3N3O. The predicted molar refractivity (Wildman–Crippen MR) is 89.9 cm³/mol. The lowest BCUT2D eigenvalue weighted by Crippen LogP contribution is -2.39. The predicted octanol–water partition coefficient (Wildman–Crippen LogP) is 3.18. The van der Waals surface area contributed by atoms with Gasteiger partial charge in [-0.05, 0) is 32.3 Å². The lowest BCUT2D eigenvalue weighted by Gasteiger charge is -2.22. The van der Waals surface area contributed by atoms with Crippen LogP contribution in [-0.4, -0.2) is 36.9 Å². The highest BCUT2D eigenvalue weighted by Gasteiger charge is 2.26. The van der Waals surface area contributed by atoms with Crippen molar-refractivity contribution in [1.29, 1.82) is 0 Å². The number of hydrogen-bond acceptors (Lipinski definition) is 2. The van der Waals surface area contributed by atoms with Crippen LogP contribution in [0.5, 0.6) is 0 Å². The molecule has 0 aliphatic carbocycles. The van der Waals surface area contributed by atoms with Crippen LogP contribution < -0.4 is 10.6 Å². The minimum atomic E-state index is -4.10. The Bertz CT molecular complexity index is 502. The summed E-state index contributed by atoms with van der Waals surface area (Å²) in [7, 11) is 0. The Morgan fingerprint density at radius 3 is 2.38 bits per heavy atom. The Labute approximate surface area is 141 Å². The van der Waals surface area contributed by atoms with E-state index in [2.05, 4.69) is 15.6 Å². The molecule has 1 atom stereocenters. The number of unbranched alkanes of at least 4 members (excludes halogenated alkanes) is 1. The molecule has 1 aromatic carbocycles. The number of aliphatic hydroxyl groups is 1. The van der Waals surface area contributed by atoms with E-state index in [4.69, 9.17) is 0 Å². The van der Waals surface area contributed by atoms with Gasteiger partial charge in [0.05, 0.1) is 6.54 Å². The number of alkyl halides is 3. The maximum absolute atomic E-state index is 12.1. The fourth-order valence-electron chi connectivity index (χ4n) is 2.12. The van der Waals surface area contributed by atoms with Gasteiger partial charge >= 0.3 is 6.18 Å². The summed E-state index contributed by atoms with van der Waals surface area (Å²) < 4.78 is 36.3. The second kappa shape index (κ2) is 9.52. The molecule has 1 unspecified atom stereocenters. The molecule has 0 aliphatic rings. The summed E-state index contributed by atoms with van der Waals surface area (Å²) >= 11 is 0. The number of nitrogens with one attached hydrogen (secondary N) is 2. The Morgan fingerprint density at radius 1 is 1.12 bits per heavy atom. The van der Waals surface area contributed by atoms with Crippen molar-refractivity contribution in [3.05, 3.63) is 35.9 Å². The zero-order valence-electron chi connectivity index (χ0n) is 14.2. The summed E-state index contributed by atoms with van der Waals surface area (Å²) in [6, 6.07) is 9.21. The van der Waals surface area contributed by atoms with Crippen LogP contribution in [0.2, 0.25) is 0 Å². The summed E-state index contributed by atoms with van der Waals surface area (Å²) in [4.78, 5) is 4.33. The van der Waals surface area contributed by atoms with Crippen molar-refractivity contribution in [2.75, 3.05) is 19.6 Å². The number of hydrogen-bond donors (Lipinski definition) is 3. The number of halogens is 3. The Morgan fingerprint density at radius 2 is 1.79 bits per heavy atom. The fraction of sp³-hybridized carbons (Fsp3) is 0.588. The highest BCUT2D eigenvalue weighted by Crippen LogP contribution is 2.22. The third kappa shape index (κ3) is 8.19. The molecule has 0 radical (unpaired) electrons. The Balaban J connectivity index is 2.50. The summed E-state index contributed by atoms with van der Waals surface area (Å²) in [6.45, 7) is 4.75. The van der Waals surface area contributed by atoms with E-state index in [1.165, 1.54) is 0 Å². The monoisotopic (exact) mass is 345 g/mol. The lowest BCUT2D eigenvalue weighted by molar-refractivity contribution is -0.135. The van der Waals surface area contributed by atoms with Crippen LogP contribution in [0.3, 0.4) is 0 Å². The summed E-state index contributed by atoms with van der Waals surface area (Å²) in [6.07, 6.45) is -4.39. The quantitative estimate of drug-likeness (QED) is 0.385. The van der Waals surface area contributed by atoms with E-state index in [1.54, 1.807) is 6.92 Å². The molecule has 1 rings (SSSR count). The fourth-order valence-corrected chi connectivity index (χ4v) is 2.12. The van der Waals surface area contributed by atoms with Gasteiger partial charge in [0, 0.05) is 19.5 Å². The van der Waals surface area contributed by atoms with Gasteiger partial charge in [-0.1, -0.05) is 30.3 Å². The van der Waals surface area contributed by atoms with Crippen LogP contribution >= 0.6 is 0 Å². The third-order valence-electron chi connectivity index (χ3n) is 3.46. The number of aliphatic imine (C=N–C) groups is 1. The van der Waals surface area contributed by atoms with Gasteiger partial charge in [-0.2, -0.15) is 13.2 Å². The first-order valence-electron chi connectivity index (χ1n) is 8.11. The van der Waals surface area contributed by atoms with E-state index in [0.717, 1.165) is 5.56 Å². The van der Waals surface area contributed by atoms with Gasteiger partial charge in [0.1, 0.15) is 5.60 Å². The van der Waals surface area contributed by atoms with E-state index in [-0.39, 0.29) is 13.0 Å². The van der Waals surface area contributed by atoms with E-state index in [1.807, 2.05) is 37.3 Å². The molecule has 0 fully saturated rings. The van der Waals surface area contributed by atoms with Gasteiger partial charge in [-0.15, -0.1) is 0 Å². The minimum absolute atomic E-state index is 0.0810. The molecule has 24 heavy (non-hydrogen) atoms. The number of nitrogens with zero attached hydrogens (tertiary/aromatic N) is 1. The standard InChI is InChI=1S/C17H26F3N3O/c1-3-21-15(22-12-8-7-11-17(18,19)20)23-13-16(2,24)14-9-5-4-6-10-14/h4-6,9-10,24H,3,7-8,11-13H2,1-2H3,(H2,21,22,23). The molecule has 0 aromatic heterocycles. The average molecular weight is 345 g/mol. The third-order valence-corrected chi connectivity index (χ3v) is 3.46. The van der Waals surface area contributed by atoms with E-state index < -0.39 is 18.2 Å². The zero-order valence-corrected chi connectivity index (χ0v) is 14.2. The minimum Gasteiger partial charge on any atom is -0.384 e. The summed E-state index contributed by atoms with van der Waals surface area (Å²) in [5.41, 5.74) is -0.352. The first kappa shape index (κ1) is 20.3. The van der Waals surface area contributed by atoms with Crippen molar-refractivity contribution in [2.45, 2.75) is 44.9 Å². The smallest absolute Gasteiger partial charge is 0.384 e. The largest absolute Gasteiger partial charge is 0.389 e. The van der Waals surface area contributed by atoms with Crippen LogP contribution in [0, 0.1) is 0 Å². The topological polar surface area (TPSA) is 56.7 Å². The molecule has 4 nitrogen and oxygen atoms in total. The zero-order chi connectivity index (χ0) is 18.1. The first-order chi connectivity index (χ1) is 11.2. The number of guanidine groups is 1. The van der Waals surface area contributed by atoms with E-state index in [0.29, 0.717) is 25.5 Å². The second-order valence-corrected chi connectivity index (χ2v) is 5.83. The van der Waals surface area contributed by atoms with Gasteiger partial charge in [-0.25, -0.2) is 4.99 Å². The van der Waals surface area contributed by atoms with E-state index >= 15 is 0 Å². The van der Waals surface area contributed by atoms with Crippen molar-refractivity contribution in [3.8, 4) is 0 Å². The average Bonchev–Trinajstić information content (AvgIpc) is 2.52. The highest BCUT2D eigenvalue weighted by atomic mass is 19.4. The van der Waals surface area contributed by atoms with Gasteiger partial charge in [0.25, 0.3) is 0 Å². The van der Waals surface area contributed by atoms with Crippen molar-refractivity contribution in [3.63, 3.8) is 0 Å². The van der Waals surface area contributed by atoms with Gasteiger partial charge in [-0.3, -0.25) is 0 Å². The molecule has 1 aromatic rings. The van der Waals surface area contributed by atoms with Crippen molar-refractivity contribution < 1.29 is 18.3 Å². The number of rotatable bonds is 8. The second-order valence-electron chi connectivity index (χ2n) is 5.83. The maximum Gasteiger partial charge on any atom is 0.389 e. The molecule has 0 saturated carbocycles. The molecular weight excluding hydrogens is 319 g/mol. The Hall–Kier alpha value is -1.76. The van der Waals surface area contributed by atoms with Crippen LogP contribution in [-0.2, 0) is 5.60 Å². The van der Waals surface area contributed by atoms with Crippen LogP contribution in [0.25, 0.3) is 0 Å². The highest BCUT2D eigenvalue weighted by molar-refractivity contribution is 5.79. The molecule has 0 saturated heterocycles. The van der Waals surface area contributed by atoms with Crippen LogP contribution in [0.15, 0.2) is 35.3 Å². The van der Waals surface area contributed by atoms with Crippen LogP contribution in [0.1, 0.15) is 38.7 Å². The SMILES string of the molecule is CCNC(=NCC(C)(O)c1ccccc1)NCCCCC(F)(F)F. The van der Waals surface area contributed by atoms with Gasteiger partial charge in [0.2, 0.25) is 0 Å². The molecule has 0 spiro atoms. The van der Waals surface area contributed by atoms with Crippen LogP contribution in [0.4, 0.5) is 13.2 Å². The molecule has 3 N–H and O–H groups in total. The molecule has 0 heterocycles. The molecule has 0 bridgehead atoms. The summed E-state index contributed by atoms with van der Waals surface area (Å²) in [5.74, 6) is 0.487. The Kier molecular flexibility index (Phi) is 8.04. The maximum atomic E-state index is 12.1. The van der Waals surface area contributed by atoms with Crippen molar-refractivity contribution >= 4 is 5.96 Å². The summed E-state index contributed by atoms with van der Waals surface area (Å²) in [5, 5.41) is 16.5. The molecule has 0 aliphatic heterocycles. The van der Waals surface area contributed by atoms with E-state index in [9.17, 15) is 18.3 Å². The van der Waals surface area contributed by atoms with Crippen molar-refractivity contribution in [1.82, 2.24) is 10.6 Å². The first-order valence-corrected chi connectivity index (χ1v) is 8.11. The lowest BCUT2D eigenvalue weighted by atomic mass is 9.96. The molecule has 136 valence electrons. The van der Waals surface area contributed by atoms with Gasteiger partial charge < -0.3 is 15.7 Å². The van der Waals surface area contributed by atoms with Gasteiger partial charge in [0.15, 0.2) is 5.96 Å². The van der Waals surface area contributed by atoms with Crippen molar-refractivity contribution in [2.24, 2.45) is 4.99 Å². The normalized spacial score (nSPS) is 15.0.